The predicted octanol–water partition coefficient (Wildman–Crippen LogP) is 8.45. The van der Waals surface area contributed by atoms with Gasteiger partial charge >= 0.3 is 0 Å². The molecule has 0 spiro atoms. The van der Waals surface area contributed by atoms with Gasteiger partial charge in [-0.25, -0.2) is 9.13 Å². The van der Waals surface area contributed by atoms with Crippen LogP contribution in [0.1, 0.15) is 112 Å². The summed E-state index contributed by atoms with van der Waals surface area (Å²) < 4.78 is 9.98. The zero-order valence-electron chi connectivity index (χ0n) is 29.6. The lowest BCUT2D eigenvalue weighted by molar-refractivity contribution is -0.703. The molecule has 6 heteroatoms. The lowest BCUT2D eigenvalue weighted by Gasteiger charge is -2.20. The summed E-state index contributed by atoms with van der Waals surface area (Å²) in [5, 5.41) is 21.2. The number of aliphatic hydroxyl groups is 2. The maximum Gasteiger partial charge on any atom is 0.174 e. The minimum Gasteiger partial charge on any atom is -0.387 e. The number of benzene rings is 2. The summed E-state index contributed by atoms with van der Waals surface area (Å²) in [5.74, 6) is 2.08. The fraction of sp³-hybridized carbons (Fsp3) is 0.476. The summed E-state index contributed by atoms with van der Waals surface area (Å²) in [7, 11) is 0.328. The van der Waals surface area contributed by atoms with Crippen molar-refractivity contribution in [2.75, 3.05) is 12.8 Å². The molecule has 7 unspecified atom stereocenters. The monoisotopic (exact) mass is 670 g/mol. The van der Waals surface area contributed by atoms with Crippen molar-refractivity contribution in [3.05, 3.63) is 132 Å². The third-order valence-corrected chi connectivity index (χ3v) is 10.8. The van der Waals surface area contributed by atoms with E-state index in [1.54, 1.807) is 0 Å². The number of aliphatic hydroxyl groups excluding tert-OH is 2. The van der Waals surface area contributed by atoms with Crippen LogP contribution in [0.5, 0.6) is 0 Å². The van der Waals surface area contributed by atoms with Crippen LogP contribution in [0.2, 0.25) is 0 Å². The van der Waals surface area contributed by atoms with E-state index in [0.717, 1.165) is 31.8 Å². The third kappa shape index (κ3) is 12.5. The third-order valence-electron chi connectivity index (χ3n) is 9.85. The lowest BCUT2D eigenvalue weighted by Crippen LogP contribution is -2.39. The molecule has 0 saturated heterocycles. The first-order valence-electron chi connectivity index (χ1n) is 18.1. The zero-order valence-corrected chi connectivity index (χ0v) is 30.6. The Morgan fingerprint density at radius 2 is 1.00 bits per heavy atom. The van der Waals surface area contributed by atoms with Gasteiger partial charge in [-0.2, -0.15) is 0 Å². The fourth-order valence-electron chi connectivity index (χ4n) is 6.73. The van der Waals surface area contributed by atoms with E-state index >= 15 is 0 Å². The standard InChI is InChI=1S/C42H59N2O3P/c1-5-35(39-15-11-8-12-16-39)30-34(4)38-17-23-43(24-18-38)31-41(45)21-27-47-48-28-22-42(46)32-44-25-19-40(20-26-44)36(6-2)29-33(3)37-13-9-7-10-14-37/h7-20,23-26,33-36,41-42,45-46,48H,5-6,21-22,27-32H2,1-4H3/q+2. The molecule has 0 aliphatic carbocycles. The molecular weight excluding hydrogens is 611 g/mol. The average molecular weight is 671 g/mol. The molecule has 258 valence electrons. The van der Waals surface area contributed by atoms with Crippen molar-refractivity contribution in [2.24, 2.45) is 0 Å². The molecule has 0 radical (unpaired) electrons. The number of aromatic nitrogens is 2. The van der Waals surface area contributed by atoms with Crippen molar-refractivity contribution in [2.45, 2.75) is 115 Å². The van der Waals surface area contributed by atoms with Crippen LogP contribution in [-0.2, 0) is 17.6 Å². The molecule has 48 heavy (non-hydrogen) atoms. The number of rotatable bonds is 21. The molecule has 2 N–H and O–H groups in total. The Bertz CT molecular complexity index is 1420. The van der Waals surface area contributed by atoms with E-state index in [1.165, 1.54) is 22.3 Å². The van der Waals surface area contributed by atoms with Crippen molar-refractivity contribution in [1.82, 2.24) is 0 Å². The molecule has 0 saturated carbocycles. The van der Waals surface area contributed by atoms with Gasteiger partial charge in [-0.15, -0.1) is 0 Å². The second-order valence-electron chi connectivity index (χ2n) is 13.6. The Morgan fingerprint density at radius 3 is 1.50 bits per heavy atom. The predicted molar refractivity (Wildman–Crippen MR) is 199 cm³/mol. The van der Waals surface area contributed by atoms with Gasteiger partial charge in [0.15, 0.2) is 37.9 Å². The summed E-state index contributed by atoms with van der Waals surface area (Å²) in [6.07, 6.45) is 14.2. The van der Waals surface area contributed by atoms with Crippen LogP contribution in [-0.4, -0.2) is 35.2 Å². The maximum atomic E-state index is 10.6. The summed E-state index contributed by atoms with van der Waals surface area (Å²) in [6, 6.07) is 30.4. The van der Waals surface area contributed by atoms with E-state index in [1.807, 2.05) is 0 Å². The summed E-state index contributed by atoms with van der Waals surface area (Å²) in [4.78, 5) is 0. The Kier molecular flexibility index (Phi) is 16.2. The molecule has 4 aromatic rings. The molecule has 4 rings (SSSR count). The van der Waals surface area contributed by atoms with Gasteiger partial charge in [0.1, 0.15) is 12.2 Å². The van der Waals surface area contributed by atoms with Crippen LogP contribution in [0, 0.1) is 0 Å². The smallest absolute Gasteiger partial charge is 0.174 e. The topological polar surface area (TPSA) is 57.5 Å². The molecule has 2 aromatic heterocycles. The van der Waals surface area contributed by atoms with Crippen molar-refractivity contribution < 1.29 is 23.9 Å². The highest BCUT2D eigenvalue weighted by Crippen LogP contribution is 2.32. The highest BCUT2D eigenvalue weighted by molar-refractivity contribution is 7.32. The van der Waals surface area contributed by atoms with Crippen molar-refractivity contribution in [3.63, 3.8) is 0 Å². The number of hydrogen-bond acceptors (Lipinski definition) is 3. The molecule has 0 bridgehead atoms. The highest BCUT2D eigenvalue weighted by atomic mass is 31.1. The molecule has 2 heterocycles. The van der Waals surface area contributed by atoms with Gasteiger partial charge in [-0.1, -0.05) is 88.4 Å². The van der Waals surface area contributed by atoms with Gasteiger partial charge < -0.3 is 14.7 Å². The largest absolute Gasteiger partial charge is 0.387 e. The van der Waals surface area contributed by atoms with Gasteiger partial charge in [-0.05, 0) is 84.2 Å². The van der Waals surface area contributed by atoms with Gasteiger partial charge in [0.05, 0.1) is 6.61 Å². The summed E-state index contributed by atoms with van der Waals surface area (Å²) in [5.41, 5.74) is 5.53. The zero-order chi connectivity index (χ0) is 34.1. The molecule has 0 amide bonds. The minimum absolute atomic E-state index is 0.328. The fourth-order valence-corrected chi connectivity index (χ4v) is 7.58. The molecule has 0 aliphatic rings. The van der Waals surface area contributed by atoms with E-state index in [-0.39, 0.29) is 0 Å². The van der Waals surface area contributed by atoms with Crippen LogP contribution >= 0.6 is 8.81 Å². The van der Waals surface area contributed by atoms with Crippen LogP contribution in [0.15, 0.2) is 110 Å². The van der Waals surface area contributed by atoms with Crippen LogP contribution in [0.4, 0.5) is 0 Å². The molecule has 5 nitrogen and oxygen atoms in total. The van der Waals surface area contributed by atoms with Gasteiger partial charge in [0.2, 0.25) is 0 Å². The lowest BCUT2D eigenvalue weighted by atomic mass is 9.85. The van der Waals surface area contributed by atoms with Gasteiger partial charge in [-0.3, -0.25) is 0 Å². The maximum absolute atomic E-state index is 10.6. The molecule has 7 atom stereocenters. The average Bonchev–Trinajstić information content (AvgIpc) is 3.12. The molecule has 0 aliphatic heterocycles. The van der Waals surface area contributed by atoms with Gasteiger partial charge in [0, 0.05) is 39.5 Å². The highest BCUT2D eigenvalue weighted by Gasteiger charge is 2.19. The second-order valence-corrected chi connectivity index (χ2v) is 14.7. The number of hydrogen-bond donors (Lipinski definition) is 2. The number of nitrogens with zero attached hydrogens (tertiary/aromatic N) is 2. The van der Waals surface area contributed by atoms with E-state index in [9.17, 15) is 10.2 Å². The minimum atomic E-state index is -0.454. The van der Waals surface area contributed by atoms with Crippen LogP contribution in [0.3, 0.4) is 0 Å². The Hall–Kier alpha value is -2.95. The Balaban J connectivity index is 1.09. The van der Waals surface area contributed by atoms with Crippen molar-refractivity contribution >= 4 is 8.81 Å². The van der Waals surface area contributed by atoms with Crippen molar-refractivity contribution in [3.8, 4) is 0 Å². The normalized spacial score (nSPS) is 15.6. The first-order chi connectivity index (χ1) is 23.4. The van der Waals surface area contributed by atoms with Crippen molar-refractivity contribution in [1.29, 1.82) is 0 Å². The van der Waals surface area contributed by atoms with Crippen LogP contribution in [0.25, 0.3) is 0 Å². The number of pyridine rings is 2. The molecule has 2 aromatic carbocycles. The molecular formula is C42H59N2O3P+2. The SMILES string of the molecule is CCC(CC(C)c1cc[n+](CC(O)CCOPCCC(O)C[n+]2ccc(C(CC)CC(C)c3ccccc3)cc2)cc1)c1ccccc1. The van der Waals surface area contributed by atoms with E-state index in [0.29, 0.717) is 65.0 Å². The second kappa shape index (κ2) is 20.5. The quantitative estimate of drug-likeness (QED) is 0.0532. The Morgan fingerprint density at radius 1 is 0.583 bits per heavy atom. The Labute approximate surface area is 291 Å². The van der Waals surface area contributed by atoms with E-state index in [4.69, 9.17) is 4.52 Å². The molecule has 0 fully saturated rings. The van der Waals surface area contributed by atoms with Gasteiger partial charge in [0.25, 0.3) is 0 Å². The van der Waals surface area contributed by atoms with Crippen LogP contribution < -0.4 is 9.13 Å². The van der Waals surface area contributed by atoms with E-state index < -0.39 is 12.2 Å². The summed E-state index contributed by atoms with van der Waals surface area (Å²) in [6.45, 7) is 10.8. The first-order valence-corrected chi connectivity index (χ1v) is 19.3. The van der Waals surface area contributed by atoms with E-state index in [2.05, 4.69) is 147 Å². The first kappa shape index (κ1) is 37.9. The summed E-state index contributed by atoms with van der Waals surface area (Å²) >= 11 is 0.